The number of carbonyl (C=O) groups is 1. The third kappa shape index (κ3) is 3.31. The molecule has 108 valence electrons. The van der Waals surface area contributed by atoms with Crippen molar-refractivity contribution in [3.63, 3.8) is 0 Å². The molecule has 1 heterocycles. The van der Waals surface area contributed by atoms with E-state index in [1.165, 1.54) is 12.8 Å². The van der Waals surface area contributed by atoms with Crippen LogP contribution in [0.3, 0.4) is 0 Å². The fourth-order valence-corrected chi connectivity index (χ4v) is 3.05. The average Bonchev–Trinajstić information content (AvgIpc) is 3.30. The van der Waals surface area contributed by atoms with Crippen molar-refractivity contribution in [2.75, 3.05) is 13.1 Å². The van der Waals surface area contributed by atoms with Gasteiger partial charge in [0.25, 0.3) is 0 Å². The number of hydrogen-bond acceptors (Lipinski definition) is 3. The molecule has 2 aliphatic rings. The number of amides is 1. The van der Waals surface area contributed by atoms with Gasteiger partial charge in [-0.1, -0.05) is 30.3 Å². The lowest BCUT2D eigenvalue weighted by atomic mass is 9.91. The van der Waals surface area contributed by atoms with Crippen LogP contribution in [0, 0.1) is 11.8 Å². The summed E-state index contributed by atoms with van der Waals surface area (Å²) in [5.74, 6) is 1.36. The quantitative estimate of drug-likeness (QED) is 0.920. The highest BCUT2D eigenvalue weighted by Gasteiger charge is 2.38. The van der Waals surface area contributed by atoms with Gasteiger partial charge < -0.3 is 15.4 Å². The van der Waals surface area contributed by atoms with Crippen LogP contribution in [0.5, 0.6) is 0 Å². The second-order valence-corrected chi connectivity index (χ2v) is 6.04. The van der Waals surface area contributed by atoms with Crippen LogP contribution in [-0.4, -0.2) is 30.1 Å². The molecule has 3 rings (SSSR count). The summed E-state index contributed by atoms with van der Waals surface area (Å²) in [5, 5.41) is 0. The van der Waals surface area contributed by atoms with Gasteiger partial charge in [0.15, 0.2) is 0 Å². The molecule has 1 aliphatic carbocycles. The Morgan fingerprint density at radius 3 is 2.65 bits per heavy atom. The van der Waals surface area contributed by atoms with Gasteiger partial charge in [-0.05, 0) is 36.7 Å². The van der Waals surface area contributed by atoms with Crippen molar-refractivity contribution in [1.82, 2.24) is 4.90 Å². The van der Waals surface area contributed by atoms with E-state index in [0.717, 1.165) is 24.4 Å². The predicted molar refractivity (Wildman–Crippen MR) is 77.0 cm³/mol. The van der Waals surface area contributed by atoms with Gasteiger partial charge in [-0.2, -0.15) is 0 Å². The molecule has 1 amide bonds. The number of hydrogen-bond donors (Lipinski definition) is 1. The molecular weight excluding hydrogens is 252 g/mol. The lowest BCUT2D eigenvalue weighted by molar-refractivity contribution is 0.0715. The Hall–Kier alpha value is -1.55. The van der Waals surface area contributed by atoms with Crippen molar-refractivity contribution in [1.29, 1.82) is 0 Å². The van der Waals surface area contributed by atoms with Crippen molar-refractivity contribution >= 4 is 6.09 Å². The topological polar surface area (TPSA) is 55.6 Å². The lowest BCUT2D eigenvalue weighted by Gasteiger charge is -2.35. The van der Waals surface area contributed by atoms with Gasteiger partial charge in [-0.15, -0.1) is 0 Å². The normalized spacial score (nSPS) is 26.4. The molecule has 1 aromatic rings. The van der Waals surface area contributed by atoms with Gasteiger partial charge in [-0.25, -0.2) is 4.79 Å². The van der Waals surface area contributed by atoms with E-state index in [9.17, 15) is 4.79 Å². The van der Waals surface area contributed by atoms with Crippen LogP contribution in [0.2, 0.25) is 0 Å². The van der Waals surface area contributed by atoms with Gasteiger partial charge in [0.2, 0.25) is 0 Å². The molecule has 2 unspecified atom stereocenters. The fraction of sp³-hybridized carbons (Fsp3) is 0.562. The third-order valence-corrected chi connectivity index (χ3v) is 4.27. The molecule has 4 nitrogen and oxygen atoms in total. The van der Waals surface area contributed by atoms with E-state index in [1.54, 1.807) is 4.90 Å². The molecule has 1 saturated carbocycles. The molecule has 2 atom stereocenters. The van der Waals surface area contributed by atoms with Gasteiger partial charge in [0.05, 0.1) is 0 Å². The molecule has 0 bridgehead atoms. The standard InChI is InChI=1S/C16H22N2O2/c17-15-8-14(13-6-7-13)9-18(10-15)16(19)20-11-12-4-2-1-3-5-12/h1-5,13-15H,6-11,17H2. The number of ether oxygens (including phenoxy) is 1. The first kappa shape index (κ1) is 13.4. The van der Waals surface area contributed by atoms with Gasteiger partial charge >= 0.3 is 6.09 Å². The summed E-state index contributed by atoms with van der Waals surface area (Å²) in [7, 11) is 0. The average molecular weight is 274 g/mol. The maximum atomic E-state index is 12.2. The Morgan fingerprint density at radius 2 is 1.95 bits per heavy atom. The SMILES string of the molecule is NC1CC(C2CC2)CN(C(=O)OCc2ccccc2)C1. The molecule has 1 aromatic carbocycles. The zero-order valence-corrected chi connectivity index (χ0v) is 11.7. The van der Waals surface area contributed by atoms with Crippen LogP contribution in [0.25, 0.3) is 0 Å². The van der Waals surface area contributed by atoms with Gasteiger partial charge in [-0.3, -0.25) is 0 Å². The van der Waals surface area contributed by atoms with Crippen molar-refractivity contribution < 1.29 is 9.53 Å². The van der Waals surface area contributed by atoms with E-state index in [0.29, 0.717) is 19.1 Å². The smallest absolute Gasteiger partial charge is 0.410 e. The molecule has 20 heavy (non-hydrogen) atoms. The maximum absolute atomic E-state index is 12.2. The third-order valence-electron chi connectivity index (χ3n) is 4.27. The Kier molecular flexibility index (Phi) is 3.92. The van der Waals surface area contributed by atoms with Crippen molar-refractivity contribution in [2.45, 2.75) is 31.9 Å². The van der Waals surface area contributed by atoms with Crippen LogP contribution in [0.1, 0.15) is 24.8 Å². The number of likely N-dealkylation sites (tertiary alicyclic amines) is 1. The summed E-state index contributed by atoms with van der Waals surface area (Å²) in [6.07, 6.45) is 3.41. The van der Waals surface area contributed by atoms with Crippen molar-refractivity contribution in [3.05, 3.63) is 35.9 Å². The van der Waals surface area contributed by atoms with E-state index in [-0.39, 0.29) is 12.1 Å². The molecule has 1 saturated heterocycles. The summed E-state index contributed by atoms with van der Waals surface area (Å²) in [4.78, 5) is 13.9. The molecule has 0 aromatic heterocycles. The Bertz CT molecular complexity index is 459. The van der Waals surface area contributed by atoms with Crippen LogP contribution in [0.15, 0.2) is 30.3 Å². The Balaban J connectivity index is 1.53. The summed E-state index contributed by atoms with van der Waals surface area (Å²) in [5.41, 5.74) is 7.09. The summed E-state index contributed by atoms with van der Waals surface area (Å²) < 4.78 is 5.40. The highest BCUT2D eigenvalue weighted by molar-refractivity contribution is 5.67. The monoisotopic (exact) mass is 274 g/mol. The Labute approximate surface area is 119 Å². The minimum atomic E-state index is -0.227. The van der Waals surface area contributed by atoms with E-state index in [4.69, 9.17) is 10.5 Å². The van der Waals surface area contributed by atoms with Crippen LogP contribution >= 0.6 is 0 Å². The first-order chi connectivity index (χ1) is 9.72. The highest BCUT2D eigenvalue weighted by atomic mass is 16.6. The number of carbonyl (C=O) groups excluding carboxylic acids is 1. The highest BCUT2D eigenvalue weighted by Crippen LogP contribution is 2.40. The molecule has 1 aliphatic heterocycles. The van der Waals surface area contributed by atoms with Crippen molar-refractivity contribution in [3.8, 4) is 0 Å². The minimum Gasteiger partial charge on any atom is -0.445 e. The van der Waals surface area contributed by atoms with E-state index in [2.05, 4.69) is 0 Å². The summed E-state index contributed by atoms with van der Waals surface area (Å²) >= 11 is 0. The Morgan fingerprint density at radius 1 is 1.20 bits per heavy atom. The number of benzene rings is 1. The van der Waals surface area contributed by atoms with Crippen LogP contribution < -0.4 is 5.73 Å². The summed E-state index contributed by atoms with van der Waals surface area (Å²) in [6.45, 7) is 1.77. The van der Waals surface area contributed by atoms with Gasteiger partial charge in [0, 0.05) is 19.1 Å². The van der Waals surface area contributed by atoms with Crippen LogP contribution in [-0.2, 0) is 11.3 Å². The van der Waals surface area contributed by atoms with Crippen molar-refractivity contribution in [2.24, 2.45) is 17.6 Å². The van der Waals surface area contributed by atoms with E-state index >= 15 is 0 Å². The van der Waals surface area contributed by atoms with Gasteiger partial charge in [0.1, 0.15) is 6.61 Å². The molecule has 4 heteroatoms. The minimum absolute atomic E-state index is 0.0959. The number of piperidine rings is 1. The molecule has 0 radical (unpaired) electrons. The predicted octanol–water partition coefficient (Wildman–Crippen LogP) is 2.38. The molecule has 2 fully saturated rings. The van der Waals surface area contributed by atoms with Crippen LogP contribution in [0.4, 0.5) is 4.79 Å². The molecular formula is C16H22N2O2. The second-order valence-electron chi connectivity index (χ2n) is 6.04. The fourth-order valence-electron chi connectivity index (χ4n) is 3.05. The molecule has 0 spiro atoms. The largest absolute Gasteiger partial charge is 0.445 e. The van der Waals surface area contributed by atoms with E-state index < -0.39 is 0 Å². The zero-order valence-electron chi connectivity index (χ0n) is 11.7. The zero-order chi connectivity index (χ0) is 13.9. The summed E-state index contributed by atoms with van der Waals surface area (Å²) in [6, 6.07) is 9.87. The first-order valence-electron chi connectivity index (χ1n) is 7.43. The number of nitrogens with two attached hydrogens (primary N) is 1. The molecule has 2 N–H and O–H groups in total. The first-order valence-corrected chi connectivity index (χ1v) is 7.43. The second kappa shape index (κ2) is 5.83. The number of nitrogens with zero attached hydrogens (tertiary/aromatic N) is 1. The van der Waals surface area contributed by atoms with E-state index in [1.807, 2.05) is 30.3 Å². The maximum Gasteiger partial charge on any atom is 0.410 e. The lowest BCUT2D eigenvalue weighted by Crippen LogP contribution is -2.50. The number of rotatable bonds is 3.